The van der Waals surface area contributed by atoms with E-state index < -0.39 is 5.97 Å². The lowest BCUT2D eigenvalue weighted by atomic mass is 10.0. The topological polar surface area (TPSA) is 72.9 Å². The number of carboxylic acids is 1. The maximum Gasteiger partial charge on any atom is 0.317 e. The summed E-state index contributed by atoms with van der Waals surface area (Å²) in [6.45, 7) is 9.42. The Morgan fingerprint density at radius 3 is 2.26 bits per heavy atom. The van der Waals surface area contributed by atoms with Gasteiger partial charge >= 0.3 is 12.0 Å². The van der Waals surface area contributed by atoms with Crippen LogP contribution >= 0.6 is 0 Å². The number of hydrogen-bond acceptors (Lipinski definition) is 3. The Hall–Kier alpha value is -1.30. The normalized spacial score (nSPS) is 17.3. The minimum Gasteiger partial charge on any atom is -0.481 e. The number of carbonyl (C=O) groups excluding carboxylic acids is 1. The van der Waals surface area contributed by atoms with E-state index in [0.29, 0.717) is 19.6 Å². The van der Waals surface area contributed by atoms with Gasteiger partial charge in [-0.1, -0.05) is 6.92 Å². The molecule has 1 rings (SSSR count). The van der Waals surface area contributed by atoms with E-state index in [0.717, 1.165) is 19.5 Å². The molecular formula is C13H25N3O3. The standard InChI is InChI=1S/C13H25N3O3/c1-4-13(2,3)14-12(19)16-9-7-15(8-10-16)6-5-11(17)18/h4-10H2,1-3H3,(H,14,19)(H,17,18). The van der Waals surface area contributed by atoms with E-state index in [-0.39, 0.29) is 18.0 Å². The van der Waals surface area contributed by atoms with Crippen molar-refractivity contribution in [1.82, 2.24) is 15.1 Å². The summed E-state index contributed by atoms with van der Waals surface area (Å²) in [5, 5.41) is 11.7. The fourth-order valence-electron chi connectivity index (χ4n) is 1.89. The molecule has 0 unspecified atom stereocenters. The molecule has 0 spiro atoms. The van der Waals surface area contributed by atoms with Crippen molar-refractivity contribution in [3.63, 3.8) is 0 Å². The van der Waals surface area contributed by atoms with Crippen LogP contribution in [0.15, 0.2) is 0 Å². The van der Waals surface area contributed by atoms with Crippen LogP contribution in [-0.2, 0) is 4.79 Å². The SMILES string of the molecule is CCC(C)(C)NC(=O)N1CCN(CCC(=O)O)CC1. The Labute approximate surface area is 114 Å². The van der Waals surface area contributed by atoms with Gasteiger partial charge in [0.25, 0.3) is 0 Å². The Kier molecular flexibility index (Phi) is 5.60. The van der Waals surface area contributed by atoms with Crippen LogP contribution in [0.4, 0.5) is 4.79 Å². The summed E-state index contributed by atoms with van der Waals surface area (Å²) in [6, 6.07) is -0.0234. The Bertz CT molecular complexity index is 323. The number of urea groups is 1. The highest BCUT2D eigenvalue weighted by Crippen LogP contribution is 2.09. The van der Waals surface area contributed by atoms with Crippen LogP contribution in [0, 0.1) is 0 Å². The minimum absolute atomic E-state index is 0.0234. The molecule has 0 aromatic carbocycles. The number of piperazine rings is 1. The molecule has 2 amide bonds. The van der Waals surface area contributed by atoms with Gasteiger partial charge in [0.05, 0.1) is 6.42 Å². The number of nitrogens with one attached hydrogen (secondary N) is 1. The summed E-state index contributed by atoms with van der Waals surface area (Å²) in [6.07, 6.45) is 1.05. The zero-order valence-electron chi connectivity index (χ0n) is 12.1. The van der Waals surface area contributed by atoms with Crippen molar-refractivity contribution in [2.45, 2.75) is 39.2 Å². The number of carbonyl (C=O) groups is 2. The summed E-state index contributed by atoms with van der Waals surface area (Å²) in [5.41, 5.74) is -0.183. The molecule has 0 bridgehead atoms. The molecule has 0 aromatic rings. The monoisotopic (exact) mass is 271 g/mol. The van der Waals surface area contributed by atoms with Gasteiger partial charge in [-0.25, -0.2) is 4.79 Å². The predicted octanol–water partition coefficient (Wildman–Crippen LogP) is 0.977. The summed E-state index contributed by atoms with van der Waals surface area (Å²) in [4.78, 5) is 26.4. The maximum absolute atomic E-state index is 12.0. The molecule has 1 fully saturated rings. The molecular weight excluding hydrogens is 246 g/mol. The zero-order valence-corrected chi connectivity index (χ0v) is 12.1. The molecule has 6 heteroatoms. The van der Waals surface area contributed by atoms with Gasteiger partial charge in [0.1, 0.15) is 0 Å². The molecule has 1 saturated heterocycles. The molecule has 1 aliphatic heterocycles. The van der Waals surface area contributed by atoms with Crippen molar-refractivity contribution in [2.75, 3.05) is 32.7 Å². The first-order valence-corrected chi connectivity index (χ1v) is 6.85. The third kappa shape index (κ3) is 5.46. The highest BCUT2D eigenvalue weighted by atomic mass is 16.4. The average molecular weight is 271 g/mol. The van der Waals surface area contributed by atoms with Crippen LogP contribution in [0.25, 0.3) is 0 Å². The van der Waals surface area contributed by atoms with Gasteiger partial charge in [-0.3, -0.25) is 9.69 Å². The minimum atomic E-state index is -0.773. The number of hydrogen-bond donors (Lipinski definition) is 2. The molecule has 19 heavy (non-hydrogen) atoms. The van der Waals surface area contributed by atoms with E-state index in [4.69, 9.17) is 5.11 Å². The molecule has 1 aliphatic rings. The predicted molar refractivity (Wildman–Crippen MR) is 73.2 cm³/mol. The van der Waals surface area contributed by atoms with Gasteiger partial charge in [0.2, 0.25) is 0 Å². The molecule has 2 N–H and O–H groups in total. The second-order valence-corrected chi connectivity index (χ2v) is 5.64. The first kappa shape index (κ1) is 15.8. The quantitative estimate of drug-likeness (QED) is 0.781. The zero-order chi connectivity index (χ0) is 14.5. The summed E-state index contributed by atoms with van der Waals surface area (Å²) < 4.78 is 0. The molecule has 6 nitrogen and oxygen atoms in total. The molecule has 1 heterocycles. The first-order chi connectivity index (χ1) is 8.84. The van der Waals surface area contributed by atoms with Crippen molar-refractivity contribution in [2.24, 2.45) is 0 Å². The second-order valence-electron chi connectivity index (χ2n) is 5.64. The molecule has 0 aliphatic carbocycles. The van der Waals surface area contributed by atoms with Gasteiger partial charge in [0, 0.05) is 38.3 Å². The number of amides is 2. The number of nitrogens with zero attached hydrogens (tertiary/aromatic N) is 2. The number of carboxylic acid groups (broad SMARTS) is 1. The van der Waals surface area contributed by atoms with E-state index in [1.54, 1.807) is 4.90 Å². The lowest BCUT2D eigenvalue weighted by molar-refractivity contribution is -0.137. The van der Waals surface area contributed by atoms with Gasteiger partial charge in [-0.15, -0.1) is 0 Å². The van der Waals surface area contributed by atoms with Crippen LogP contribution in [0.1, 0.15) is 33.6 Å². The van der Waals surface area contributed by atoms with Crippen molar-refractivity contribution in [3.05, 3.63) is 0 Å². The smallest absolute Gasteiger partial charge is 0.317 e. The average Bonchev–Trinajstić information content (AvgIpc) is 2.36. The third-order valence-corrected chi connectivity index (χ3v) is 3.63. The van der Waals surface area contributed by atoms with Gasteiger partial charge in [-0.05, 0) is 20.3 Å². The van der Waals surface area contributed by atoms with Gasteiger partial charge in [0.15, 0.2) is 0 Å². The Balaban J connectivity index is 2.33. The summed E-state index contributed by atoms with van der Waals surface area (Å²) in [7, 11) is 0. The molecule has 0 saturated carbocycles. The van der Waals surface area contributed by atoms with Crippen molar-refractivity contribution in [3.8, 4) is 0 Å². The van der Waals surface area contributed by atoms with Gasteiger partial charge in [-0.2, -0.15) is 0 Å². The lowest BCUT2D eigenvalue weighted by Crippen LogP contribution is -2.55. The first-order valence-electron chi connectivity index (χ1n) is 6.85. The molecule has 0 atom stereocenters. The maximum atomic E-state index is 12.0. The van der Waals surface area contributed by atoms with Crippen LogP contribution in [0.3, 0.4) is 0 Å². The van der Waals surface area contributed by atoms with Crippen LogP contribution in [0.5, 0.6) is 0 Å². The van der Waals surface area contributed by atoms with Gasteiger partial charge < -0.3 is 15.3 Å². The fourth-order valence-corrected chi connectivity index (χ4v) is 1.89. The number of aliphatic carboxylic acids is 1. The van der Waals surface area contributed by atoms with Crippen LogP contribution in [0.2, 0.25) is 0 Å². The highest BCUT2D eigenvalue weighted by molar-refractivity contribution is 5.75. The third-order valence-electron chi connectivity index (χ3n) is 3.63. The van der Waals surface area contributed by atoms with E-state index in [9.17, 15) is 9.59 Å². The van der Waals surface area contributed by atoms with E-state index in [2.05, 4.69) is 10.2 Å². The van der Waals surface area contributed by atoms with E-state index in [1.807, 2.05) is 20.8 Å². The lowest BCUT2D eigenvalue weighted by Gasteiger charge is -2.36. The van der Waals surface area contributed by atoms with Crippen LogP contribution < -0.4 is 5.32 Å². The van der Waals surface area contributed by atoms with E-state index >= 15 is 0 Å². The van der Waals surface area contributed by atoms with Crippen molar-refractivity contribution in [1.29, 1.82) is 0 Å². The Morgan fingerprint density at radius 2 is 1.79 bits per heavy atom. The fraction of sp³-hybridized carbons (Fsp3) is 0.846. The van der Waals surface area contributed by atoms with Crippen LogP contribution in [-0.4, -0.2) is 65.2 Å². The second kappa shape index (κ2) is 6.75. The largest absolute Gasteiger partial charge is 0.481 e. The highest BCUT2D eigenvalue weighted by Gasteiger charge is 2.25. The molecule has 0 radical (unpaired) electrons. The number of rotatable bonds is 5. The van der Waals surface area contributed by atoms with E-state index in [1.165, 1.54) is 0 Å². The Morgan fingerprint density at radius 1 is 1.21 bits per heavy atom. The van der Waals surface area contributed by atoms with Crippen molar-refractivity contribution < 1.29 is 14.7 Å². The summed E-state index contributed by atoms with van der Waals surface area (Å²) in [5.74, 6) is -0.773. The summed E-state index contributed by atoms with van der Waals surface area (Å²) >= 11 is 0. The molecule has 110 valence electrons. The van der Waals surface area contributed by atoms with Crippen molar-refractivity contribution >= 4 is 12.0 Å². The molecule has 0 aromatic heterocycles.